The van der Waals surface area contributed by atoms with Gasteiger partial charge in [0.15, 0.2) is 0 Å². The Morgan fingerprint density at radius 3 is 2.95 bits per heavy atom. The maximum absolute atomic E-state index is 12.2. The Morgan fingerprint density at radius 2 is 2.15 bits per heavy atom. The molecule has 0 fully saturated rings. The van der Waals surface area contributed by atoms with Crippen molar-refractivity contribution in [3.63, 3.8) is 0 Å². The number of hydrogen-bond acceptors (Lipinski definition) is 4. The van der Waals surface area contributed by atoms with Crippen molar-refractivity contribution in [1.29, 1.82) is 0 Å². The standard InChI is InChI=1S/C15H13N3O2/c16-12-5-1-3-10-6-7-17-14(13(10)12)15(19)18-9-11-4-2-8-20-11/h1-8H,9,16H2,(H,18,19). The molecule has 0 spiro atoms. The van der Waals surface area contributed by atoms with Crippen molar-refractivity contribution < 1.29 is 9.21 Å². The molecule has 0 atom stereocenters. The Hall–Kier alpha value is -2.82. The number of hydrogen-bond donors (Lipinski definition) is 2. The summed E-state index contributed by atoms with van der Waals surface area (Å²) < 4.78 is 5.17. The largest absolute Gasteiger partial charge is 0.467 e. The van der Waals surface area contributed by atoms with E-state index in [1.54, 1.807) is 30.7 Å². The summed E-state index contributed by atoms with van der Waals surface area (Å²) in [7, 11) is 0. The summed E-state index contributed by atoms with van der Waals surface area (Å²) in [6, 6.07) is 10.9. The van der Waals surface area contributed by atoms with Crippen LogP contribution >= 0.6 is 0 Å². The number of pyridine rings is 1. The molecule has 3 N–H and O–H groups in total. The number of amides is 1. The lowest BCUT2D eigenvalue weighted by Crippen LogP contribution is -2.24. The van der Waals surface area contributed by atoms with Gasteiger partial charge in [-0.1, -0.05) is 12.1 Å². The number of fused-ring (bicyclic) bond motifs is 1. The Kier molecular flexibility index (Phi) is 3.09. The first-order valence-corrected chi connectivity index (χ1v) is 6.19. The molecular formula is C15H13N3O2. The first-order valence-electron chi connectivity index (χ1n) is 6.19. The van der Waals surface area contributed by atoms with Crippen molar-refractivity contribution in [2.75, 3.05) is 5.73 Å². The second kappa shape index (κ2) is 5.05. The van der Waals surface area contributed by atoms with Gasteiger partial charge in [-0.05, 0) is 29.7 Å². The number of carbonyl (C=O) groups is 1. The highest BCUT2D eigenvalue weighted by molar-refractivity contribution is 6.09. The fourth-order valence-electron chi connectivity index (χ4n) is 2.09. The highest BCUT2D eigenvalue weighted by Gasteiger charge is 2.13. The molecule has 3 rings (SSSR count). The summed E-state index contributed by atoms with van der Waals surface area (Å²) in [5.74, 6) is 0.413. The van der Waals surface area contributed by atoms with Gasteiger partial charge in [0.05, 0.1) is 12.8 Å². The van der Waals surface area contributed by atoms with Gasteiger partial charge in [0.2, 0.25) is 0 Å². The zero-order chi connectivity index (χ0) is 13.9. The molecule has 1 aromatic carbocycles. The van der Waals surface area contributed by atoms with Crippen LogP contribution in [-0.2, 0) is 6.54 Å². The van der Waals surface area contributed by atoms with E-state index in [2.05, 4.69) is 10.3 Å². The van der Waals surface area contributed by atoms with Crippen LogP contribution in [0.25, 0.3) is 10.8 Å². The van der Waals surface area contributed by atoms with E-state index in [9.17, 15) is 4.79 Å². The molecule has 0 aliphatic carbocycles. The lowest BCUT2D eigenvalue weighted by Gasteiger charge is -2.08. The normalized spacial score (nSPS) is 10.6. The molecule has 0 aliphatic heterocycles. The highest BCUT2D eigenvalue weighted by Crippen LogP contribution is 2.23. The predicted molar refractivity (Wildman–Crippen MR) is 76.0 cm³/mol. The van der Waals surface area contributed by atoms with Gasteiger partial charge in [-0.15, -0.1) is 0 Å². The Morgan fingerprint density at radius 1 is 1.25 bits per heavy atom. The van der Waals surface area contributed by atoms with Crippen molar-refractivity contribution in [3.05, 3.63) is 60.3 Å². The van der Waals surface area contributed by atoms with E-state index in [0.717, 1.165) is 5.39 Å². The van der Waals surface area contributed by atoms with Gasteiger partial charge in [0.25, 0.3) is 5.91 Å². The summed E-state index contributed by atoms with van der Waals surface area (Å²) in [6.45, 7) is 0.316. The van der Waals surface area contributed by atoms with Crippen molar-refractivity contribution >= 4 is 22.4 Å². The molecule has 2 heterocycles. The summed E-state index contributed by atoms with van der Waals surface area (Å²) in [5.41, 5.74) is 6.81. The van der Waals surface area contributed by atoms with E-state index in [4.69, 9.17) is 10.2 Å². The minimum atomic E-state index is -0.273. The molecular weight excluding hydrogens is 254 g/mol. The molecule has 5 nitrogen and oxygen atoms in total. The average Bonchev–Trinajstić information content (AvgIpc) is 2.98. The molecule has 0 bridgehead atoms. The van der Waals surface area contributed by atoms with Gasteiger partial charge in [-0.25, -0.2) is 0 Å². The number of furan rings is 1. The van der Waals surface area contributed by atoms with Crippen LogP contribution in [-0.4, -0.2) is 10.9 Å². The number of nitrogens with zero attached hydrogens (tertiary/aromatic N) is 1. The zero-order valence-electron chi connectivity index (χ0n) is 10.7. The van der Waals surface area contributed by atoms with Crippen LogP contribution in [0, 0.1) is 0 Å². The summed E-state index contributed by atoms with van der Waals surface area (Å²) in [4.78, 5) is 16.4. The van der Waals surface area contributed by atoms with Crippen LogP contribution in [0.15, 0.2) is 53.3 Å². The number of nitrogens with two attached hydrogens (primary N) is 1. The first kappa shape index (κ1) is 12.2. The molecule has 0 aliphatic rings. The molecule has 0 radical (unpaired) electrons. The van der Waals surface area contributed by atoms with E-state index in [1.807, 2.05) is 18.2 Å². The molecule has 0 unspecified atom stereocenters. The molecule has 5 heteroatoms. The van der Waals surface area contributed by atoms with Gasteiger partial charge in [-0.2, -0.15) is 0 Å². The molecule has 0 saturated heterocycles. The summed E-state index contributed by atoms with van der Waals surface area (Å²) >= 11 is 0. The third-order valence-electron chi connectivity index (χ3n) is 3.04. The lowest BCUT2D eigenvalue weighted by molar-refractivity contribution is 0.0945. The maximum Gasteiger partial charge on any atom is 0.270 e. The van der Waals surface area contributed by atoms with Crippen LogP contribution in [0.1, 0.15) is 16.2 Å². The summed E-state index contributed by atoms with van der Waals surface area (Å²) in [5, 5.41) is 4.33. The van der Waals surface area contributed by atoms with E-state index in [0.29, 0.717) is 29.1 Å². The predicted octanol–water partition coefficient (Wildman–Crippen LogP) is 2.34. The number of anilines is 1. The van der Waals surface area contributed by atoms with E-state index in [1.165, 1.54) is 0 Å². The third-order valence-corrected chi connectivity index (χ3v) is 3.04. The Balaban J connectivity index is 1.91. The number of nitrogens with one attached hydrogen (secondary N) is 1. The van der Waals surface area contributed by atoms with Crippen LogP contribution in [0.4, 0.5) is 5.69 Å². The molecule has 2 aromatic heterocycles. The fourth-order valence-corrected chi connectivity index (χ4v) is 2.09. The Bertz CT molecular complexity index is 746. The van der Waals surface area contributed by atoms with Crippen molar-refractivity contribution in [2.45, 2.75) is 6.54 Å². The maximum atomic E-state index is 12.2. The van der Waals surface area contributed by atoms with Crippen molar-refractivity contribution in [3.8, 4) is 0 Å². The monoisotopic (exact) mass is 267 g/mol. The first-order chi connectivity index (χ1) is 9.75. The van der Waals surface area contributed by atoms with E-state index >= 15 is 0 Å². The van der Waals surface area contributed by atoms with E-state index in [-0.39, 0.29) is 5.91 Å². The van der Waals surface area contributed by atoms with Crippen LogP contribution < -0.4 is 11.1 Å². The van der Waals surface area contributed by atoms with Crippen LogP contribution in [0.5, 0.6) is 0 Å². The molecule has 0 saturated carbocycles. The van der Waals surface area contributed by atoms with Gasteiger partial charge in [0.1, 0.15) is 11.5 Å². The smallest absolute Gasteiger partial charge is 0.270 e. The lowest BCUT2D eigenvalue weighted by atomic mass is 10.1. The van der Waals surface area contributed by atoms with Crippen molar-refractivity contribution in [2.24, 2.45) is 0 Å². The minimum absolute atomic E-state index is 0.273. The molecule has 20 heavy (non-hydrogen) atoms. The van der Waals surface area contributed by atoms with Gasteiger partial charge in [-0.3, -0.25) is 9.78 Å². The average molecular weight is 267 g/mol. The quantitative estimate of drug-likeness (QED) is 0.714. The topological polar surface area (TPSA) is 81.1 Å². The second-order valence-electron chi connectivity index (χ2n) is 4.37. The fraction of sp³-hybridized carbons (Fsp3) is 0.0667. The Labute approximate surface area is 115 Å². The second-order valence-corrected chi connectivity index (χ2v) is 4.37. The number of carbonyl (C=O) groups excluding carboxylic acids is 1. The molecule has 1 amide bonds. The van der Waals surface area contributed by atoms with Crippen molar-refractivity contribution in [1.82, 2.24) is 10.3 Å². The number of aromatic nitrogens is 1. The van der Waals surface area contributed by atoms with Gasteiger partial charge in [0, 0.05) is 17.3 Å². The van der Waals surface area contributed by atoms with Gasteiger partial charge < -0.3 is 15.5 Å². The van der Waals surface area contributed by atoms with Crippen LogP contribution in [0.2, 0.25) is 0 Å². The number of nitrogen functional groups attached to an aromatic ring is 1. The molecule has 3 aromatic rings. The number of benzene rings is 1. The summed E-state index contributed by atoms with van der Waals surface area (Å²) in [6.07, 6.45) is 3.17. The third kappa shape index (κ3) is 2.21. The number of rotatable bonds is 3. The van der Waals surface area contributed by atoms with E-state index < -0.39 is 0 Å². The SMILES string of the molecule is Nc1cccc2ccnc(C(=O)NCc3ccco3)c12. The zero-order valence-corrected chi connectivity index (χ0v) is 10.7. The molecule has 100 valence electrons. The highest BCUT2D eigenvalue weighted by atomic mass is 16.3. The van der Waals surface area contributed by atoms with Crippen LogP contribution in [0.3, 0.4) is 0 Å². The minimum Gasteiger partial charge on any atom is -0.467 e. The van der Waals surface area contributed by atoms with Gasteiger partial charge >= 0.3 is 0 Å².